The van der Waals surface area contributed by atoms with E-state index in [2.05, 4.69) is 26.1 Å². The van der Waals surface area contributed by atoms with E-state index < -0.39 is 23.9 Å². The lowest BCUT2D eigenvalue weighted by Gasteiger charge is -2.18. The van der Waals surface area contributed by atoms with Gasteiger partial charge < -0.3 is 28.1 Å². The number of carbonyl (C=O) groups excluding carboxylic acids is 4. The molecule has 0 aliphatic rings. The maximum atomic E-state index is 14.1. The van der Waals surface area contributed by atoms with E-state index in [9.17, 15) is 29.7 Å². The van der Waals surface area contributed by atoms with Crippen LogP contribution in [0.25, 0.3) is 127 Å². The van der Waals surface area contributed by atoms with E-state index in [1.807, 2.05) is 261 Å². The highest BCUT2D eigenvalue weighted by atomic mass is 16.5. The third-order valence-corrected chi connectivity index (χ3v) is 20.0. The summed E-state index contributed by atoms with van der Waals surface area (Å²) >= 11 is 0. The maximum absolute atomic E-state index is 14.1. The summed E-state index contributed by atoms with van der Waals surface area (Å²) in [4.78, 5) is 76.5. The van der Waals surface area contributed by atoms with Gasteiger partial charge in [0.2, 0.25) is 0 Å². The van der Waals surface area contributed by atoms with Crippen LogP contribution in [0.2, 0.25) is 0 Å². The van der Waals surface area contributed by atoms with Crippen LogP contribution in [0.15, 0.2) is 328 Å². The van der Waals surface area contributed by atoms with Gasteiger partial charge in [0.25, 0.3) is 0 Å². The van der Waals surface area contributed by atoms with Gasteiger partial charge in [-0.1, -0.05) is 188 Å². The number of esters is 4. The van der Waals surface area contributed by atoms with Crippen LogP contribution in [0.1, 0.15) is 74.8 Å². The predicted octanol–water partition coefficient (Wildman–Crippen LogP) is 21.8. The zero-order chi connectivity index (χ0) is 77.6. The molecule has 0 bridgehead atoms. The molecule has 0 saturated carbocycles. The van der Waals surface area contributed by atoms with Crippen LogP contribution in [-0.2, 0) is 45.4 Å². The summed E-state index contributed by atoms with van der Waals surface area (Å²) in [5, 5.41) is 23.3. The van der Waals surface area contributed by atoms with Crippen molar-refractivity contribution in [1.82, 2.24) is 24.1 Å². The Morgan fingerprint density at radius 3 is 0.991 bits per heavy atom. The number of hydrogen-bond acceptors (Lipinski definition) is 13. The number of benzene rings is 14. The van der Waals surface area contributed by atoms with Gasteiger partial charge in [-0.3, -0.25) is 0 Å². The van der Waals surface area contributed by atoms with Gasteiger partial charge in [-0.2, -0.15) is 10.5 Å². The van der Waals surface area contributed by atoms with Crippen molar-refractivity contribution in [3.8, 4) is 91.1 Å². The topological polar surface area (TPSA) is 206 Å². The molecule has 16 heteroatoms. The maximum Gasteiger partial charge on any atom is 0.338 e. The highest BCUT2D eigenvalue weighted by Crippen LogP contribution is 2.44. The van der Waals surface area contributed by atoms with E-state index in [-0.39, 0.29) is 38.1 Å². The van der Waals surface area contributed by atoms with Gasteiger partial charge in [0, 0.05) is 49.4 Å². The lowest BCUT2D eigenvalue weighted by Crippen LogP contribution is -2.05. The van der Waals surface area contributed by atoms with E-state index in [0.29, 0.717) is 139 Å². The summed E-state index contributed by atoms with van der Waals surface area (Å²) in [5.41, 5.74) is 15.7. The van der Waals surface area contributed by atoms with Gasteiger partial charge in [-0.05, 0) is 184 Å². The minimum atomic E-state index is -0.539. The molecule has 17 rings (SSSR count). The van der Waals surface area contributed by atoms with Crippen molar-refractivity contribution in [2.75, 3.05) is 0 Å². The van der Waals surface area contributed by atoms with Crippen molar-refractivity contribution >= 4 is 73.2 Å². The smallest absolute Gasteiger partial charge is 0.338 e. The van der Waals surface area contributed by atoms with E-state index >= 15 is 0 Å². The summed E-state index contributed by atoms with van der Waals surface area (Å²) in [5.74, 6) is -1.33. The highest BCUT2D eigenvalue weighted by Gasteiger charge is 2.26. The summed E-state index contributed by atoms with van der Waals surface area (Å²) in [7, 11) is 0. The van der Waals surface area contributed by atoms with Gasteiger partial charge in [0.1, 0.15) is 26.4 Å². The summed E-state index contributed by atoms with van der Waals surface area (Å²) in [6.45, 7) is 8.47. The van der Waals surface area contributed by atoms with Crippen molar-refractivity contribution in [2.24, 2.45) is 0 Å². The molecule has 14 aromatic carbocycles. The number of carbonyl (C=O) groups is 4. The Kier molecular flexibility index (Phi) is 19.5. The molecule has 0 amide bonds. The largest absolute Gasteiger partial charge is 0.457 e. The molecular weight excluding hydrogens is 1420 g/mol. The lowest BCUT2D eigenvalue weighted by molar-refractivity contribution is 0.0464. The Bertz CT molecular complexity index is 6240. The number of fused-ring (bicyclic) bond motifs is 6. The normalized spacial score (nSPS) is 11.1. The van der Waals surface area contributed by atoms with E-state index in [1.165, 1.54) is 0 Å². The van der Waals surface area contributed by atoms with Crippen LogP contribution >= 0.6 is 0 Å². The van der Waals surface area contributed by atoms with Crippen LogP contribution in [0.4, 0.5) is 5.69 Å². The fraction of sp³-hybridized carbons (Fsp3) is 0.0408. The monoisotopic (exact) mass is 1480 g/mol. The van der Waals surface area contributed by atoms with Crippen molar-refractivity contribution < 1.29 is 38.1 Å². The highest BCUT2D eigenvalue weighted by molar-refractivity contribution is 6.15. The first-order valence-corrected chi connectivity index (χ1v) is 36.6. The molecule has 16 nitrogen and oxygen atoms in total. The van der Waals surface area contributed by atoms with Gasteiger partial charge in [0.15, 0.2) is 23.2 Å². The molecule has 0 aliphatic carbocycles. The fourth-order valence-electron chi connectivity index (χ4n) is 14.4. The third kappa shape index (κ3) is 14.4. The molecular formula is C98H62N8O8. The first-order chi connectivity index (χ1) is 56.0. The molecule has 0 saturated heterocycles. The van der Waals surface area contributed by atoms with Crippen LogP contribution in [0, 0.1) is 29.2 Å². The predicted molar refractivity (Wildman–Crippen MR) is 439 cm³/mol. The molecule has 3 heterocycles. The van der Waals surface area contributed by atoms with Gasteiger partial charge in [0.05, 0.1) is 85.5 Å². The van der Waals surface area contributed by atoms with Crippen molar-refractivity contribution in [3.05, 3.63) is 395 Å². The molecule has 0 spiro atoms. The zero-order valence-corrected chi connectivity index (χ0v) is 60.8. The van der Waals surface area contributed by atoms with Crippen molar-refractivity contribution in [1.29, 1.82) is 10.5 Å². The summed E-state index contributed by atoms with van der Waals surface area (Å²) < 4.78 is 27.7. The quantitative estimate of drug-likeness (QED) is 0.0396. The third-order valence-electron chi connectivity index (χ3n) is 20.0. The second-order valence-corrected chi connectivity index (χ2v) is 27.2. The van der Waals surface area contributed by atoms with Gasteiger partial charge in [-0.25, -0.2) is 39.0 Å². The minimum absolute atomic E-state index is 0.0526. The second kappa shape index (κ2) is 31.3. The van der Waals surface area contributed by atoms with Crippen LogP contribution < -0.4 is 0 Å². The molecule has 0 aliphatic heterocycles. The van der Waals surface area contributed by atoms with Crippen LogP contribution in [0.3, 0.4) is 0 Å². The number of rotatable bonds is 20. The first kappa shape index (κ1) is 71.0. The summed E-state index contributed by atoms with van der Waals surface area (Å²) in [6.07, 6.45) is 0. The molecule has 0 radical (unpaired) electrons. The van der Waals surface area contributed by atoms with E-state index in [0.717, 1.165) is 33.4 Å². The zero-order valence-electron chi connectivity index (χ0n) is 60.8. The average molecular weight is 1480 g/mol. The van der Waals surface area contributed by atoms with Crippen molar-refractivity contribution in [3.63, 3.8) is 0 Å². The van der Waals surface area contributed by atoms with E-state index in [1.54, 1.807) is 66.7 Å². The van der Waals surface area contributed by atoms with Crippen LogP contribution in [-0.4, -0.2) is 48.0 Å². The van der Waals surface area contributed by atoms with Crippen LogP contribution in [0.5, 0.6) is 0 Å². The number of aromatic nitrogens is 5. The number of nitriles is 2. The van der Waals surface area contributed by atoms with Gasteiger partial charge in [-0.15, -0.1) is 0 Å². The molecule has 17 aromatic rings. The Labute approximate surface area is 654 Å². The number of hydrogen-bond donors (Lipinski definition) is 0. The number of ether oxygens (including phenoxy) is 4. The molecule has 3 aromatic heterocycles. The van der Waals surface area contributed by atoms with E-state index in [4.69, 9.17) is 40.5 Å². The molecule has 542 valence electrons. The Balaban J connectivity index is 0.848. The molecule has 0 unspecified atom stereocenters. The average Bonchev–Trinajstić information content (AvgIpc) is 1.57. The van der Waals surface area contributed by atoms with Crippen molar-refractivity contribution in [2.45, 2.75) is 26.4 Å². The second-order valence-electron chi connectivity index (χ2n) is 27.2. The SMILES string of the molecule is [C-]#[N+]c1cccc(-c2cc(-c3nc(-c4ccc(-n5c6ccc(C(=O)OCc7ccccc7)cc6c6cc(C(=O)OCc7ccccc7)ccc65)c(-c5cccc(C#N)c5)c4)nc(-c4ccccc4-c4cccc(C#N)c4)n3)ccc2-n2c3ccc(C(=O)OCc4ccccc4)cc3c3cc(C(=O)OCc4ccccc4)ccc32)c1. The Morgan fingerprint density at radius 2 is 0.632 bits per heavy atom. The first-order valence-electron chi connectivity index (χ1n) is 36.6. The lowest BCUT2D eigenvalue weighted by atomic mass is 9.97. The van der Waals surface area contributed by atoms with Gasteiger partial charge >= 0.3 is 23.9 Å². The fourth-order valence-corrected chi connectivity index (χ4v) is 14.4. The standard InChI is InChI=1S/C98H62N8O8/c1-101-77-32-18-31-70(49-77)81-51-72(36-42-87(81)106-90-45-39-75(97(109)113-60-64-23-10-4-11-24-64)54-84(90)85-55-76(40-46-91(85)106)98(110)114-61-65-25-12-5-13-26-65)93-102-92(103-94(104-93)79-34-15-14-33-78(79)68-29-16-27-66(47-68)56-99)71-35-41-86(80(50-71)69-30-17-28-67(48-69)57-100)105-88-43-37-73(95(107)111-58-62-19-6-2-7-20-62)52-82(88)83-53-74(38-44-89(83)105)96(108)112-59-63-21-8-3-9-22-63/h2-55H,58-61H2. The molecule has 0 N–H and O–H groups in total. The minimum Gasteiger partial charge on any atom is -0.457 e. The molecule has 0 fully saturated rings. The molecule has 114 heavy (non-hydrogen) atoms. The number of nitrogens with zero attached hydrogens (tertiary/aromatic N) is 8. The Hall–Kier alpha value is -16.0. The summed E-state index contributed by atoms with van der Waals surface area (Å²) in [6, 6.07) is 105. The Morgan fingerprint density at radius 1 is 0.307 bits per heavy atom. The molecule has 0 atom stereocenters.